The third-order valence-corrected chi connectivity index (χ3v) is 6.72. The van der Waals surface area contributed by atoms with Crippen LogP contribution in [0.25, 0.3) is 56.1 Å². The Morgan fingerprint density at radius 3 is 1.60 bits per heavy atom. The van der Waals surface area contributed by atoms with E-state index in [1.807, 2.05) is 72.8 Å². The minimum atomic E-state index is 0.653. The second-order valence-electron chi connectivity index (χ2n) is 8.22. The molecular formula is C31H20BrN3. The fourth-order valence-electron chi connectivity index (χ4n) is 4.34. The van der Waals surface area contributed by atoms with Crippen molar-refractivity contribution in [2.75, 3.05) is 0 Å². The highest BCUT2D eigenvalue weighted by atomic mass is 79.9. The lowest BCUT2D eigenvalue weighted by Gasteiger charge is -2.13. The quantitative estimate of drug-likeness (QED) is 0.237. The Kier molecular flexibility index (Phi) is 5.65. The highest BCUT2D eigenvalue weighted by molar-refractivity contribution is 9.10. The van der Waals surface area contributed by atoms with Crippen LogP contribution in [-0.4, -0.2) is 15.0 Å². The number of hydrogen-bond donors (Lipinski definition) is 0. The van der Waals surface area contributed by atoms with Crippen molar-refractivity contribution in [1.82, 2.24) is 15.0 Å². The van der Waals surface area contributed by atoms with Crippen LogP contribution in [0.15, 0.2) is 126 Å². The van der Waals surface area contributed by atoms with Crippen molar-refractivity contribution in [3.8, 4) is 45.3 Å². The molecule has 0 fully saturated rings. The summed E-state index contributed by atoms with van der Waals surface area (Å²) in [6.07, 6.45) is 0. The van der Waals surface area contributed by atoms with Gasteiger partial charge in [0, 0.05) is 21.2 Å². The molecule has 0 spiro atoms. The van der Waals surface area contributed by atoms with Crippen LogP contribution in [-0.2, 0) is 0 Å². The molecule has 0 atom stereocenters. The van der Waals surface area contributed by atoms with Gasteiger partial charge in [-0.25, -0.2) is 15.0 Å². The molecule has 6 aromatic rings. The molecule has 0 aliphatic carbocycles. The molecule has 1 heterocycles. The fourth-order valence-corrected chi connectivity index (χ4v) is 4.82. The number of aromatic nitrogens is 3. The maximum absolute atomic E-state index is 5.03. The summed E-state index contributed by atoms with van der Waals surface area (Å²) in [6.45, 7) is 0. The molecular weight excluding hydrogens is 494 g/mol. The standard InChI is InChI=1S/C31H20BrN3/c32-28-20-19-27(24-16-8-9-17-25(24)28)31-34-29(22-13-5-2-6-14-22)33-30(35-31)26-18-10-7-15-23(26)21-11-3-1-4-12-21/h1-20H. The van der Waals surface area contributed by atoms with Gasteiger partial charge in [-0.2, -0.15) is 0 Å². The summed E-state index contributed by atoms with van der Waals surface area (Å²) >= 11 is 3.69. The Labute approximate surface area is 212 Å². The van der Waals surface area contributed by atoms with E-state index in [2.05, 4.69) is 64.5 Å². The van der Waals surface area contributed by atoms with Gasteiger partial charge in [-0.1, -0.05) is 125 Å². The molecule has 1 aromatic heterocycles. The molecule has 0 amide bonds. The average Bonchev–Trinajstić information content (AvgIpc) is 2.94. The van der Waals surface area contributed by atoms with Crippen LogP contribution in [0.2, 0.25) is 0 Å². The van der Waals surface area contributed by atoms with Gasteiger partial charge in [-0.05, 0) is 34.0 Å². The van der Waals surface area contributed by atoms with E-state index in [1.54, 1.807) is 0 Å². The molecule has 5 aromatic carbocycles. The van der Waals surface area contributed by atoms with Crippen LogP contribution in [0, 0.1) is 0 Å². The van der Waals surface area contributed by atoms with Gasteiger partial charge in [0.05, 0.1) is 0 Å². The fraction of sp³-hybridized carbons (Fsp3) is 0. The maximum Gasteiger partial charge on any atom is 0.164 e. The highest BCUT2D eigenvalue weighted by Gasteiger charge is 2.17. The summed E-state index contributed by atoms with van der Waals surface area (Å²) in [5, 5.41) is 2.22. The van der Waals surface area contributed by atoms with Gasteiger partial charge in [-0.3, -0.25) is 0 Å². The summed E-state index contributed by atoms with van der Waals surface area (Å²) in [6, 6.07) is 41.1. The number of hydrogen-bond acceptors (Lipinski definition) is 3. The van der Waals surface area contributed by atoms with Gasteiger partial charge in [0.1, 0.15) is 0 Å². The van der Waals surface area contributed by atoms with E-state index < -0.39 is 0 Å². The average molecular weight is 514 g/mol. The highest BCUT2D eigenvalue weighted by Crippen LogP contribution is 2.35. The lowest BCUT2D eigenvalue weighted by Crippen LogP contribution is -2.01. The predicted molar refractivity (Wildman–Crippen MR) is 147 cm³/mol. The Balaban J connectivity index is 1.63. The Bertz CT molecular complexity index is 1650. The zero-order valence-corrected chi connectivity index (χ0v) is 20.4. The largest absolute Gasteiger partial charge is 0.208 e. The summed E-state index contributed by atoms with van der Waals surface area (Å²) < 4.78 is 1.05. The smallest absolute Gasteiger partial charge is 0.164 e. The first kappa shape index (κ1) is 21.4. The van der Waals surface area contributed by atoms with Gasteiger partial charge >= 0.3 is 0 Å². The number of halogens is 1. The van der Waals surface area contributed by atoms with Gasteiger partial charge < -0.3 is 0 Å². The van der Waals surface area contributed by atoms with E-state index in [9.17, 15) is 0 Å². The van der Waals surface area contributed by atoms with Crippen LogP contribution < -0.4 is 0 Å². The Morgan fingerprint density at radius 1 is 0.371 bits per heavy atom. The van der Waals surface area contributed by atoms with Crippen LogP contribution >= 0.6 is 15.9 Å². The van der Waals surface area contributed by atoms with Gasteiger partial charge in [0.25, 0.3) is 0 Å². The molecule has 3 nitrogen and oxygen atoms in total. The molecule has 35 heavy (non-hydrogen) atoms. The van der Waals surface area contributed by atoms with Crippen molar-refractivity contribution >= 4 is 26.7 Å². The van der Waals surface area contributed by atoms with Crippen LogP contribution in [0.3, 0.4) is 0 Å². The van der Waals surface area contributed by atoms with Gasteiger partial charge in [0.15, 0.2) is 17.5 Å². The lowest BCUT2D eigenvalue weighted by molar-refractivity contribution is 1.08. The third-order valence-electron chi connectivity index (χ3n) is 6.03. The minimum absolute atomic E-state index is 0.653. The summed E-state index contributed by atoms with van der Waals surface area (Å²) in [5.74, 6) is 1.96. The molecule has 6 rings (SSSR count). The van der Waals surface area contributed by atoms with Gasteiger partial charge in [-0.15, -0.1) is 0 Å². The van der Waals surface area contributed by atoms with Crippen molar-refractivity contribution in [3.05, 3.63) is 126 Å². The maximum atomic E-state index is 5.03. The number of benzene rings is 5. The Hall–Kier alpha value is -4.15. The normalized spacial score (nSPS) is 11.0. The topological polar surface area (TPSA) is 38.7 Å². The van der Waals surface area contributed by atoms with Crippen LogP contribution in [0.4, 0.5) is 0 Å². The summed E-state index contributed by atoms with van der Waals surface area (Å²) in [7, 11) is 0. The number of fused-ring (bicyclic) bond motifs is 1. The third kappa shape index (κ3) is 4.13. The minimum Gasteiger partial charge on any atom is -0.208 e. The SMILES string of the molecule is Brc1ccc(-c2nc(-c3ccccc3)nc(-c3ccccc3-c3ccccc3)n2)c2ccccc12. The van der Waals surface area contributed by atoms with E-state index in [4.69, 9.17) is 15.0 Å². The zero-order chi connectivity index (χ0) is 23.6. The lowest BCUT2D eigenvalue weighted by atomic mass is 9.99. The molecule has 0 unspecified atom stereocenters. The molecule has 0 saturated heterocycles. The van der Waals surface area contributed by atoms with Crippen molar-refractivity contribution in [2.24, 2.45) is 0 Å². The van der Waals surface area contributed by atoms with Crippen molar-refractivity contribution in [2.45, 2.75) is 0 Å². The second kappa shape index (κ2) is 9.24. The second-order valence-corrected chi connectivity index (χ2v) is 9.08. The van der Waals surface area contributed by atoms with Gasteiger partial charge in [0.2, 0.25) is 0 Å². The Morgan fingerprint density at radius 2 is 0.886 bits per heavy atom. The molecule has 0 bridgehead atoms. The first-order chi connectivity index (χ1) is 17.3. The molecule has 0 N–H and O–H groups in total. The monoisotopic (exact) mass is 513 g/mol. The van der Waals surface area contributed by atoms with E-state index in [0.717, 1.165) is 43.1 Å². The van der Waals surface area contributed by atoms with Crippen molar-refractivity contribution in [3.63, 3.8) is 0 Å². The van der Waals surface area contributed by atoms with E-state index >= 15 is 0 Å². The first-order valence-corrected chi connectivity index (χ1v) is 12.2. The molecule has 166 valence electrons. The van der Waals surface area contributed by atoms with Crippen LogP contribution in [0.1, 0.15) is 0 Å². The predicted octanol–water partition coefficient (Wildman–Crippen LogP) is 8.46. The zero-order valence-electron chi connectivity index (χ0n) is 18.8. The first-order valence-electron chi connectivity index (χ1n) is 11.4. The molecule has 4 heteroatoms. The van der Waals surface area contributed by atoms with Crippen molar-refractivity contribution in [1.29, 1.82) is 0 Å². The summed E-state index contributed by atoms with van der Waals surface area (Å²) in [5.41, 5.74) is 5.11. The molecule has 0 aliphatic rings. The van der Waals surface area contributed by atoms with E-state index in [0.29, 0.717) is 17.5 Å². The molecule has 0 aliphatic heterocycles. The number of rotatable bonds is 4. The van der Waals surface area contributed by atoms with E-state index in [-0.39, 0.29) is 0 Å². The van der Waals surface area contributed by atoms with E-state index in [1.165, 1.54) is 0 Å². The van der Waals surface area contributed by atoms with Crippen molar-refractivity contribution < 1.29 is 0 Å². The molecule has 0 saturated carbocycles. The summed E-state index contributed by atoms with van der Waals surface area (Å²) in [4.78, 5) is 14.9. The molecule has 0 radical (unpaired) electrons. The number of nitrogens with zero attached hydrogens (tertiary/aromatic N) is 3. The van der Waals surface area contributed by atoms with Crippen LogP contribution in [0.5, 0.6) is 0 Å².